The number of H-pyrrole nitrogens is 1. The summed E-state index contributed by atoms with van der Waals surface area (Å²) in [7, 11) is 1.58. The fourth-order valence-corrected chi connectivity index (χ4v) is 3.68. The molecular weight excluding hydrogens is 380 g/mol. The third-order valence-corrected chi connectivity index (χ3v) is 5.35. The molecule has 1 unspecified atom stereocenters. The second-order valence-corrected chi connectivity index (χ2v) is 7.47. The second-order valence-electron chi connectivity index (χ2n) is 7.47. The van der Waals surface area contributed by atoms with E-state index in [0.717, 1.165) is 22.4 Å². The van der Waals surface area contributed by atoms with Crippen molar-refractivity contribution in [2.24, 2.45) is 5.92 Å². The van der Waals surface area contributed by atoms with Crippen LogP contribution in [0.1, 0.15) is 17.5 Å². The summed E-state index contributed by atoms with van der Waals surface area (Å²) in [4.78, 5) is 26.9. The van der Waals surface area contributed by atoms with Crippen LogP contribution >= 0.6 is 0 Å². The number of amides is 2. The van der Waals surface area contributed by atoms with Gasteiger partial charge in [-0.25, -0.2) is 0 Å². The van der Waals surface area contributed by atoms with Crippen molar-refractivity contribution < 1.29 is 14.3 Å². The van der Waals surface area contributed by atoms with Gasteiger partial charge in [0.25, 0.3) is 0 Å². The summed E-state index contributed by atoms with van der Waals surface area (Å²) in [5.41, 5.74) is 4.72. The maximum Gasteiger partial charge on any atom is 0.227 e. The van der Waals surface area contributed by atoms with E-state index < -0.39 is 0 Å². The van der Waals surface area contributed by atoms with Gasteiger partial charge in [0.05, 0.1) is 24.4 Å². The van der Waals surface area contributed by atoms with Crippen molar-refractivity contribution in [1.29, 1.82) is 0 Å². The van der Waals surface area contributed by atoms with Crippen LogP contribution in [0.3, 0.4) is 0 Å². The molecule has 1 aliphatic heterocycles. The van der Waals surface area contributed by atoms with Crippen molar-refractivity contribution in [1.82, 2.24) is 15.5 Å². The van der Waals surface area contributed by atoms with E-state index in [2.05, 4.69) is 15.5 Å². The zero-order valence-corrected chi connectivity index (χ0v) is 17.0. The molecule has 1 atom stereocenters. The number of aromatic nitrogens is 2. The van der Waals surface area contributed by atoms with E-state index in [1.54, 1.807) is 18.2 Å². The van der Waals surface area contributed by atoms with Crippen molar-refractivity contribution in [3.63, 3.8) is 0 Å². The van der Waals surface area contributed by atoms with Gasteiger partial charge in [0, 0.05) is 25.7 Å². The van der Waals surface area contributed by atoms with Gasteiger partial charge in [-0.1, -0.05) is 30.3 Å². The minimum atomic E-state index is -0.382. The zero-order chi connectivity index (χ0) is 21.1. The van der Waals surface area contributed by atoms with Crippen LogP contribution < -0.4 is 15.0 Å². The van der Waals surface area contributed by atoms with Gasteiger partial charge in [-0.2, -0.15) is 5.10 Å². The molecule has 2 amide bonds. The van der Waals surface area contributed by atoms with Gasteiger partial charge >= 0.3 is 0 Å². The Labute approximate surface area is 175 Å². The predicted octanol–water partition coefficient (Wildman–Crippen LogP) is 3.06. The van der Waals surface area contributed by atoms with Crippen LogP contribution in [-0.4, -0.2) is 35.7 Å². The van der Waals surface area contributed by atoms with Gasteiger partial charge < -0.3 is 15.0 Å². The number of carbonyl (C=O) groups excluding carboxylic acids is 2. The Hall–Kier alpha value is -3.61. The van der Waals surface area contributed by atoms with Crippen LogP contribution in [0.5, 0.6) is 5.75 Å². The van der Waals surface area contributed by atoms with E-state index in [4.69, 9.17) is 4.74 Å². The largest absolute Gasteiger partial charge is 0.495 e. The van der Waals surface area contributed by atoms with Crippen molar-refractivity contribution in [2.75, 3.05) is 18.6 Å². The third-order valence-electron chi connectivity index (χ3n) is 5.35. The Balaban J connectivity index is 1.38. The number of methoxy groups -OCH3 is 1. The number of aryl methyl sites for hydroxylation is 1. The summed E-state index contributed by atoms with van der Waals surface area (Å²) < 4.78 is 5.40. The van der Waals surface area contributed by atoms with E-state index in [9.17, 15) is 9.59 Å². The van der Waals surface area contributed by atoms with Crippen LogP contribution in [0, 0.1) is 12.8 Å². The zero-order valence-electron chi connectivity index (χ0n) is 17.0. The topological polar surface area (TPSA) is 87.3 Å². The van der Waals surface area contributed by atoms with Crippen LogP contribution in [0.25, 0.3) is 11.3 Å². The lowest BCUT2D eigenvalue weighted by Gasteiger charge is -2.20. The number of nitrogens with one attached hydrogen (secondary N) is 2. The first-order chi connectivity index (χ1) is 14.5. The summed E-state index contributed by atoms with van der Waals surface area (Å²) in [6.07, 6.45) is 1.91. The summed E-state index contributed by atoms with van der Waals surface area (Å²) in [6, 6.07) is 15.5. The maximum atomic E-state index is 12.7. The molecule has 3 aromatic rings. The number of hydrogen-bond acceptors (Lipinski definition) is 4. The predicted molar refractivity (Wildman–Crippen MR) is 114 cm³/mol. The van der Waals surface area contributed by atoms with Gasteiger partial charge in [-0.3, -0.25) is 14.7 Å². The van der Waals surface area contributed by atoms with Crippen molar-refractivity contribution in [2.45, 2.75) is 19.9 Å². The number of nitrogens with zero attached hydrogens (tertiary/aromatic N) is 2. The van der Waals surface area contributed by atoms with Crippen LogP contribution in [0.4, 0.5) is 5.69 Å². The summed E-state index contributed by atoms with van der Waals surface area (Å²) >= 11 is 0. The molecule has 0 spiro atoms. The monoisotopic (exact) mass is 404 g/mol. The molecule has 7 nitrogen and oxygen atoms in total. The minimum Gasteiger partial charge on any atom is -0.495 e. The summed E-state index contributed by atoms with van der Waals surface area (Å²) in [5, 5.41) is 9.84. The molecular formula is C23H24N4O3. The standard InChI is InChI=1S/C23H24N4O3/c1-15-3-8-21(30-2)20(11-15)27-14-18(12-22(27)28)23(29)24-13-16-4-6-17(7-5-16)19-9-10-25-26-19/h3-11,18H,12-14H2,1-2H3,(H,24,29)(H,25,26). The molecule has 30 heavy (non-hydrogen) atoms. The fourth-order valence-electron chi connectivity index (χ4n) is 3.68. The molecule has 1 fully saturated rings. The Morgan fingerprint density at radius 3 is 2.73 bits per heavy atom. The highest BCUT2D eigenvalue weighted by atomic mass is 16.5. The van der Waals surface area contributed by atoms with Crippen molar-refractivity contribution >= 4 is 17.5 Å². The summed E-state index contributed by atoms with van der Waals surface area (Å²) in [5.74, 6) is 0.0671. The molecule has 1 aliphatic rings. The highest BCUT2D eigenvalue weighted by Crippen LogP contribution is 2.34. The average molecular weight is 404 g/mol. The fraction of sp³-hybridized carbons (Fsp3) is 0.261. The second kappa shape index (κ2) is 8.41. The first-order valence-corrected chi connectivity index (χ1v) is 9.86. The Bertz CT molecular complexity index is 1040. The summed E-state index contributed by atoms with van der Waals surface area (Å²) in [6.45, 7) is 2.73. The molecule has 2 heterocycles. The smallest absolute Gasteiger partial charge is 0.227 e. The number of ether oxygens (including phenoxy) is 1. The van der Waals surface area contributed by atoms with Crippen LogP contribution in [0.2, 0.25) is 0 Å². The van der Waals surface area contributed by atoms with E-state index >= 15 is 0 Å². The van der Waals surface area contributed by atoms with Gasteiger partial charge in [0.1, 0.15) is 5.75 Å². The highest BCUT2D eigenvalue weighted by Gasteiger charge is 2.36. The quantitative estimate of drug-likeness (QED) is 0.661. The molecule has 0 radical (unpaired) electrons. The van der Waals surface area contributed by atoms with E-state index in [1.807, 2.05) is 55.5 Å². The Kier molecular flexibility index (Phi) is 5.52. The highest BCUT2D eigenvalue weighted by molar-refractivity contribution is 6.01. The molecule has 0 bridgehead atoms. The molecule has 154 valence electrons. The van der Waals surface area contributed by atoms with Gasteiger partial charge in [-0.05, 0) is 41.8 Å². The van der Waals surface area contributed by atoms with Gasteiger partial charge in [0.2, 0.25) is 11.8 Å². The number of benzene rings is 2. The van der Waals surface area contributed by atoms with Crippen LogP contribution in [0.15, 0.2) is 54.7 Å². The molecule has 2 aromatic carbocycles. The molecule has 0 aliphatic carbocycles. The number of rotatable bonds is 6. The molecule has 4 rings (SSSR count). The molecule has 2 N–H and O–H groups in total. The normalized spacial score (nSPS) is 16.0. The lowest BCUT2D eigenvalue weighted by atomic mass is 10.1. The maximum absolute atomic E-state index is 12.7. The number of aromatic amines is 1. The first kappa shape index (κ1) is 19.7. The lowest BCUT2D eigenvalue weighted by molar-refractivity contribution is -0.126. The Morgan fingerprint density at radius 2 is 2.03 bits per heavy atom. The number of carbonyl (C=O) groups is 2. The van der Waals surface area contributed by atoms with Crippen molar-refractivity contribution in [3.05, 3.63) is 65.9 Å². The van der Waals surface area contributed by atoms with Crippen LogP contribution in [-0.2, 0) is 16.1 Å². The average Bonchev–Trinajstić information content (AvgIpc) is 3.42. The molecule has 0 saturated carbocycles. The number of hydrogen-bond donors (Lipinski definition) is 2. The van der Waals surface area contributed by atoms with E-state index in [0.29, 0.717) is 24.5 Å². The molecule has 7 heteroatoms. The third kappa shape index (κ3) is 4.05. The van der Waals surface area contributed by atoms with E-state index in [1.165, 1.54) is 0 Å². The molecule has 1 saturated heterocycles. The molecule has 1 aromatic heterocycles. The number of anilines is 1. The first-order valence-electron chi connectivity index (χ1n) is 9.86. The Morgan fingerprint density at radius 1 is 1.23 bits per heavy atom. The van der Waals surface area contributed by atoms with E-state index in [-0.39, 0.29) is 24.2 Å². The van der Waals surface area contributed by atoms with Crippen molar-refractivity contribution in [3.8, 4) is 17.0 Å². The lowest BCUT2D eigenvalue weighted by Crippen LogP contribution is -2.32. The minimum absolute atomic E-state index is 0.0667. The van der Waals surface area contributed by atoms with Gasteiger partial charge in [-0.15, -0.1) is 0 Å². The SMILES string of the molecule is COc1ccc(C)cc1N1CC(C(=O)NCc2ccc(-c3ccn[nH]3)cc2)CC1=O. The van der Waals surface area contributed by atoms with Gasteiger partial charge in [0.15, 0.2) is 0 Å².